The van der Waals surface area contributed by atoms with Crippen LogP contribution < -0.4 is 10.6 Å². The molecule has 0 radical (unpaired) electrons. The highest BCUT2D eigenvalue weighted by Gasteiger charge is 2.24. The number of phenolic OH excluding ortho intramolecular Hbond substituents is 2. The Kier molecular flexibility index (Phi) is 12.8. The van der Waals surface area contributed by atoms with Crippen LogP contribution in [0.1, 0.15) is 16.7 Å². The van der Waals surface area contributed by atoms with Crippen molar-refractivity contribution >= 4 is 109 Å². The molecule has 9 N–H and O–H groups in total. The molecular formula is C43H36N8O13S3. The van der Waals surface area contributed by atoms with Gasteiger partial charge in [-0.25, -0.2) is 0 Å². The number of rotatable bonds is 11. The summed E-state index contributed by atoms with van der Waals surface area (Å²) in [6.07, 6.45) is 0. The maximum absolute atomic E-state index is 12.4. The SMILES string of the molecule is Cc1ccccc1N=Nc1c(S(=O)(=O)O)cc2cc(NC(O)=Nc3cc(S(=O)(=O)O)cc(N=C(O)Nc4ccc5c(O)c(N=Nc6ccccc6C)c(S(=O)(=O)O)cc5c4)c3C)ccc2c1O. The monoisotopic (exact) mass is 968 g/mol. The van der Waals surface area contributed by atoms with Gasteiger partial charge in [-0.1, -0.05) is 36.4 Å². The van der Waals surface area contributed by atoms with Gasteiger partial charge in [0.05, 0.1) is 27.6 Å². The number of aromatic hydroxyl groups is 2. The van der Waals surface area contributed by atoms with E-state index in [2.05, 4.69) is 41.1 Å². The first-order valence-corrected chi connectivity index (χ1v) is 23.5. The van der Waals surface area contributed by atoms with Crippen LogP contribution in [0.25, 0.3) is 21.5 Å². The van der Waals surface area contributed by atoms with Crippen molar-refractivity contribution < 1.29 is 59.3 Å². The van der Waals surface area contributed by atoms with Gasteiger partial charge in [-0.15, -0.1) is 10.2 Å². The number of hydrogen-bond acceptors (Lipinski definition) is 14. The number of nitrogens with one attached hydrogen (secondary N) is 2. The number of anilines is 2. The minimum Gasteiger partial charge on any atom is -0.505 e. The summed E-state index contributed by atoms with van der Waals surface area (Å²) in [4.78, 5) is 5.74. The number of aliphatic hydroxyl groups is 2. The van der Waals surface area contributed by atoms with Crippen molar-refractivity contribution in [2.45, 2.75) is 35.5 Å². The molecule has 7 aromatic carbocycles. The summed E-state index contributed by atoms with van der Waals surface area (Å²) < 4.78 is 104. The van der Waals surface area contributed by atoms with E-state index in [9.17, 15) is 59.3 Å². The number of aliphatic hydroxyl groups excluding tert-OH is 2. The molecule has 0 amide bonds. The van der Waals surface area contributed by atoms with Crippen molar-refractivity contribution in [3.63, 3.8) is 0 Å². The molecule has 0 aromatic heterocycles. The van der Waals surface area contributed by atoms with E-state index in [1.807, 2.05) is 0 Å². The zero-order valence-corrected chi connectivity index (χ0v) is 37.3. The smallest absolute Gasteiger partial charge is 0.296 e. The Morgan fingerprint density at radius 2 is 0.866 bits per heavy atom. The molecule has 0 fully saturated rings. The van der Waals surface area contributed by atoms with E-state index in [0.29, 0.717) is 22.5 Å². The first kappa shape index (κ1) is 47.1. The van der Waals surface area contributed by atoms with Crippen LogP contribution in [0, 0.1) is 20.8 Å². The minimum absolute atomic E-state index is 0.0501. The standard InChI is InChI=1S/C43H36N8O13S3/c1-22-8-4-6-10-32(22)48-50-38-36(66(59,60)61)18-25-16-27(12-14-30(25)40(38)52)44-42(54)46-34-20-29(65(56,57)58)21-35(24(34)3)47-43(55)45-28-13-15-31-26(17-28)19-37(67(62,63)64)39(41(31)53)51-49-33-11-7-5-9-23(33)2/h4-21,52-53H,1-3H3,(H2,44,46,54)(H2,45,47,55)(H,56,57,58)(H,59,60,61)(H,62,63,64). The summed E-state index contributed by atoms with van der Waals surface area (Å²) in [7, 11) is -14.9. The van der Waals surface area contributed by atoms with E-state index >= 15 is 0 Å². The van der Waals surface area contributed by atoms with Crippen LogP contribution in [0.3, 0.4) is 0 Å². The molecule has 7 rings (SSSR count). The van der Waals surface area contributed by atoms with Gasteiger partial charge >= 0.3 is 0 Å². The van der Waals surface area contributed by atoms with E-state index in [0.717, 1.165) is 24.3 Å². The van der Waals surface area contributed by atoms with Crippen molar-refractivity contribution in [2.75, 3.05) is 10.6 Å². The molecule has 0 aliphatic carbocycles. The quantitative estimate of drug-likeness (QED) is 0.0252. The fraction of sp³-hybridized carbons (Fsp3) is 0.0698. The average Bonchev–Trinajstić information content (AvgIpc) is 3.24. The van der Waals surface area contributed by atoms with Crippen molar-refractivity contribution in [2.24, 2.45) is 30.4 Å². The summed E-state index contributed by atoms with van der Waals surface area (Å²) in [6.45, 7) is 4.87. The molecule has 67 heavy (non-hydrogen) atoms. The molecule has 7 aromatic rings. The molecule has 0 bridgehead atoms. The molecule has 0 unspecified atom stereocenters. The number of aliphatic imine (C=N–C) groups is 2. The number of amidine groups is 2. The van der Waals surface area contributed by atoms with E-state index in [4.69, 9.17) is 0 Å². The third-order valence-electron chi connectivity index (χ3n) is 9.99. The van der Waals surface area contributed by atoms with Gasteiger partial charge < -0.3 is 31.1 Å². The molecule has 24 heteroatoms. The van der Waals surface area contributed by atoms with E-state index in [-0.39, 0.29) is 49.9 Å². The van der Waals surface area contributed by atoms with Crippen molar-refractivity contribution in [1.29, 1.82) is 0 Å². The van der Waals surface area contributed by atoms with E-state index in [1.165, 1.54) is 43.3 Å². The zero-order valence-electron chi connectivity index (χ0n) is 34.9. The lowest BCUT2D eigenvalue weighted by molar-refractivity contribution is 0.471. The highest BCUT2D eigenvalue weighted by atomic mass is 32.2. The van der Waals surface area contributed by atoms with Gasteiger partial charge in [0.15, 0.2) is 11.5 Å². The summed E-state index contributed by atoms with van der Waals surface area (Å²) in [6, 6.07) is 23.7. The summed E-state index contributed by atoms with van der Waals surface area (Å²) >= 11 is 0. The number of fused-ring (bicyclic) bond motifs is 2. The number of azo groups is 2. The van der Waals surface area contributed by atoms with E-state index in [1.54, 1.807) is 62.4 Å². The van der Waals surface area contributed by atoms with E-state index < -0.39 is 80.0 Å². The van der Waals surface area contributed by atoms with Crippen LogP contribution in [-0.2, 0) is 30.4 Å². The molecule has 0 aliphatic rings. The normalized spacial score (nSPS) is 13.0. The molecular weight excluding hydrogens is 933 g/mol. The molecule has 0 aliphatic heterocycles. The molecule has 0 saturated heterocycles. The first-order chi connectivity index (χ1) is 31.5. The Bertz CT molecular complexity index is 3440. The number of phenols is 2. The van der Waals surface area contributed by atoms with Gasteiger partial charge in [0.1, 0.15) is 21.2 Å². The van der Waals surface area contributed by atoms with Crippen LogP contribution in [0.2, 0.25) is 0 Å². The maximum atomic E-state index is 12.4. The summed E-state index contributed by atoms with van der Waals surface area (Å²) in [5.74, 6) is -1.26. The van der Waals surface area contributed by atoms with Gasteiger partial charge in [-0.05, 0) is 115 Å². The van der Waals surface area contributed by atoms with Crippen LogP contribution >= 0.6 is 0 Å². The van der Waals surface area contributed by atoms with Crippen LogP contribution in [0.4, 0.5) is 45.5 Å². The second kappa shape index (κ2) is 18.2. The van der Waals surface area contributed by atoms with Gasteiger partial charge in [-0.3, -0.25) is 13.7 Å². The average molecular weight is 969 g/mol. The Labute approximate surface area is 381 Å². The Balaban J connectivity index is 1.19. The highest BCUT2D eigenvalue weighted by molar-refractivity contribution is 7.86. The Hall–Kier alpha value is -7.87. The molecule has 0 atom stereocenters. The summed E-state index contributed by atoms with van der Waals surface area (Å²) in [5, 5.41) is 65.3. The Morgan fingerprint density at radius 3 is 1.22 bits per heavy atom. The lowest BCUT2D eigenvalue weighted by Gasteiger charge is -2.12. The minimum atomic E-state index is -4.97. The molecule has 0 spiro atoms. The largest absolute Gasteiger partial charge is 0.505 e. The van der Waals surface area contributed by atoms with Crippen molar-refractivity contribution in [3.05, 3.63) is 126 Å². The second-order valence-corrected chi connectivity index (χ2v) is 18.8. The molecule has 21 nitrogen and oxygen atoms in total. The highest BCUT2D eigenvalue weighted by Crippen LogP contribution is 2.44. The number of aryl methyl sites for hydroxylation is 2. The second-order valence-electron chi connectivity index (χ2n) is 14.6. The third kappa shape index (κ3) is 10.5. The van der Waals surface area contributed by atoms with Gasteiger partial charge in [0, 0.05) is 27.7 Å². The van der Waals surface area contributed by atoms with Gasteiger partial charge in [0.25, 0.3) is 42.4 Å². The molecule has 0 saturated carbocycles. The maximum Gasteiger partial charge on any atom is 0.296 e. The Morgan fingerprint density at radius 1 is 0.478 bits per heavy atom. The zero-order chi connectivity index (χ0) is 48.6. The number of benzene rings is 7. The fourth-order valence-corrected chi connectivity index (χ4v) is 8.42. The van der Waals surface area contributed by atoms with Gasteiger partial charge in [0.2, 0.25) is 0 Å². The van der Waals surface area contributed by atoms with Crippen LogP contribution in [-0.4, -0.2) is 71.4 Å². The van der Waals surface area contributed by atoms with Gasteiger partial charge in [-0.2, -0.15) is 45.5 Å². The summed E-state index contributed by atoms with van der Waals surface area (Å²) in [5.41, 5.74) is 0.702. The fourth-order valence-electron chi connectivity index (χ4n) is 6.59. The van der Waals surface area contributed by atoms with Crippen LogP contribution in [0.15, 0.2) is 154 Å². The topological polar surface area (TPSA) is 342 Å². The predicted molar refractivity (Wildman–Crippen MR) is 249 cm³/mol. The third-order valence-corrected chi connectivity index (χ3v) is 12.6. The van der Waals surface area contributed by atoms with Crippen LogP contribution in [0.5, 0.6) is 11.5 Å². The predicted octanol–water partition coefficient (Wildman–Crippen LogP) is 10.2. The number of nitrogens with zero attached hydrogens (tertiary/aromatic N) is 6. The van der Waals surface area contributed by atoms with Crippen molar-refractivity contribution in [1.82, 2.24) is 0 Å². The first-order valence-electron chi connectivity index (χ1n) is 19.2. The molecule has 344 valence electrons. The molecule has 0 heterocycles. The lowest BCUT2D eigenvalue weighted by Crippen LogP contribution is -2.11. The lowest BCUT2D eigenvalue weighted by atomic mass is 10.1. The van der Waals surface area contributed by atoms with Crippen molar-refractivity contribution in [3.8, 4) is 11.5 Å². The number of hydrogen-bond donors (Lipinski definition) is 9.